The molecule has 1 aromatic carbocycles. The predicted molar refractivity (Wildman–Crippen MR) is 147 cm³/mol. The van der Waals surface area contributed by atoms with Crippen LogP contribution in [0, 0.1) is 5.92 Å². The minimum Gasteiger partial charge on any atom is -0.481 e. The average Bonchev–Trinajstić information content (AvgIpc) is 3.54. The Bertz CT molecular complexity index is 1000. The summed E-state index contributed by atoms with van der Waals surface area (Å²) in [7, 11) is 0. The third-order valence-electron chi connectivity index (χ3n) is 8.33. The summed E-state index contributed by atoms with van der Waals surface area (Å²) in [5.41, 5.74) is 6.55. The minimum atomic E-state index is -0.881. The Hall–Kier alpha value is -2.85. The average molecular weight is 545 g/mol. The molecule has 2 amide bonds. The lowest BCUT2D eigenvalue weighted by Crippen LogP contribution is -2.46. The molecule has 0 aromatic heterocycles. The van der Waals surface area contributed by atoms with E-state index in [2.05, 4.69) is 6.92 Å². The smallest absolute Gasteiger partial charge is 0.308 e. The highest BCUT2D eigenvalue weighted by molar-refractivity contribution is 5.79. The molecule has 0 spiro atoms. The highest BCUT2D eigenvalue weighted by Crippen LogP contribution is 2.42. The third-order valence-corrected chi connectivity index (χ3v) is 8.33. The molecule has 2 fully saturated rings. The lowest BCUT2D eigenvalue weighted by molar-refractivity contribution is -0.144. The second-order valence-electron chi connectivity index (χ2n) is 10.9. The van der Waals surface area contributed by atoms with E-state index in [1.165, 1.54) is 0 Å². The molecule has 216 valence electrons. The molecule has 0 saturated carbocycles. The van der Waals surface area contributed by atoms with Gasteiger partial charge in [-0.25, -0.2) is 0 Å². The molecule has 0 aliphatic carbocycles. The molecule has 0 radical (unpaired) electrons. The molecule has 10 nitrogen and oxygen atoms in total. The van der Waals surface area contributed by atoms with Gasteiger partial charge in [-0.05, 0) is 62.8 Å². The largest absolute Gasteiger partial charge is 0.481 e. The van der Waals surface area contributed by atoms with Gasteiger partial charge in [-0.2, -0.15) is 0 Å². The maximum absolute atomic E-state index is 13.6. The molecule has 3 aliphatic rings. The highest BCUT2D eigenvalue weighted by atomic mass is 16.7. The van der Waals surface area contributed by atoms with Crippen molar-refractivity contribution in [1.29, 1.82) is 0 Å². The van der Waals surface area contributed by atoms with E-state index >= 15 is 0 Å². The van der Waals surface area contributed by atoms with Gasteiger partial charge in [0.05, 0.1) is 12.5 Å². The van der Waals surface area contributed by atoms with Gasteiger partial charge in [0.1, 0.15) is 0 Å². The quantitative estimate of drug-likeness (QED) is 0.343. The number of carbonyl (C=O) groups excluding carboxylic acids is 2. The van der Waals surface area contributed by atoms with Crippen LogP contribution in [0.1, 0.15) is 69.8 Å². The first-order chi connectivity index (χ1) is 18.9. The van der Waals surface area contributed by atoms with E-state index in [0.717, 1.165) is 44.1 Å². The first kappa shape index (κ1) is 29.1. The van der Waals surface area contributed by atoms with Gasteiger partial charge in [-0.3, -0.25) is 19.3 Å². The highest BCUT2D eigenvalue weighted by Gasteiger charge is 2.47. The number of carbonyl (C=O) groups is 3. The second-order valence-corrected chi connectivity index (χ2v) is 10.9. The van der Waals surface area contributed by atoms with Gasteiger partial charge in [-0.1, -0.05) is 19.4 Å². The number of ether oxygens (including phenoxy) is 2. The van der Waals surface area contributed by atoms with Crippen LogP contribution in [0.2, 0.25) is 0 Å². The number of hydrogen-bond acceptors (Lipinski definition) is 7. The van der Waals surface area contributed by atoms with Gasteiger partial charge in [0.25, 0.3) is 0 Å². The maximum atomic E-state index is 13.6. The zero-order chi connectivity index (χ0) is 27.8. The molecule has 3 heterocycles. The Morgan fingerprint density at radius 2 is 1.92 bits per heavy atom. The molecule has 10 heteroatoms. The Morgan fingerprint density at radius 3 is 2.67 bits per heavy atom. The Balaban J connectivity index is 1.56. The van der Waals surface area contributed by atoms with E-state index in [1.54, 1.807) is 0 Å². The number of amides is 2. The van der Waals surface area contributed by atoms with Crippen molar-refractivity contribution in [1.82, 2.24) is 14.7 Å². The summed E-state index contributed by atoms with van der Waals surface area (Å²) >= 11 is 0. The summed E-state index contributed by atoms with van der Waals surface area (Å²) in [4.78, 5) is 44.6. The summed E-state index contributed by atoms with van der Waals surface area (Å²) in [5.74, 6) is -0.477. The first-order valence-corrected chi connectivity index (χ1v) is 14.5. The van der Waals surface area contributed by atoms with Crippen LogP contribution in [0.4, 0.5) is 0 Å². The van der Waals surface area contributed by atoms with Crippen LogP contribution in [0.25, 0.3) is 0 Å². The minimum absolute atomic E-state index is 0.0231. The van der Waals surface area contributed by atoms with Gasteiger partial charge in [0.2, 0.25) is 18.6 Å². The Kier molecular flexibility index (Phi) is 10.4. The van der Waals surface area contributed by atoms with Gasteiger partial charge < -0.3 is 30.1 Å². The molecular weight excluding hydrogens is 500 g/mol. The molecule has 1 unspecified atom stereocenters. The first-order valence-electron chi connectivity index (χ1n) is 14.5. The summed E-state index contributed by atoms with van der Waals surface area (Å²) in [6.45, 7) is 6.02. The molecule has 4 rings (SSSR count). The Labute approximate surface area is 231 Å². The van der Waals surface area contributed by atoms with Crippen molar-refractivity contribution in [2.45, 2.75) is 70.3 Å². The van der Waals surface area contributed by atoms with E-state index < -0.39 is 11.9 Å². The van der Waals surface area contributed by atoms with Gasteiger partial charge in [-0.15, -0.1) is 0 Å². The van der Waals surface area contributed by atoms with E-state index in [4.69, 9.17) is 15.2 Å². The fraction of sp³-hybridized carbons (Fsp3) is 0.690. The number of nitrogens with two attached hydrogens (primary N) is 1. The van der Waals surface area contributed by atoms with Crippen molar-refractivity contribution in [3.8, 4) is 11.5 Å². The van der Waals surface area contributed by atoms with Crippen molar-refractivity contribution >= 4 is 17.8 Å². The van der Waals surface area contributed by atoms with Crippen molar-refractivity contribution in [3.63, 3.8) is 0 Å². The summed E-state index contributed by atoms with van der Waals surface area (Å²) in [6.07, 6.45) is 6.56. The maximum Gasteiger partial charge on any atom is 0.308 e. The lowest BCUT2D eigenvalue weighted by atomic mass is 9.84. The van der Waals surface area contributed by atoms with Crippen LogP contribution >= 0.6 is 0 Å². The number of nitrogens with zero attached hydrogens (tertiary/aromatic N) is 3. The zero-order valence-corrected chi connectivity index (χ0v) is 23.2. The number of benzene rings is 1. The SMILES string of the molecule is CCCCN(CCCCN)C(=O)CN1C[C@H](c2ccc3c(c2)OCO3)C(C(=O)O)[C@@H]1CCN1CCCCC1=O. The molecule has 0 bridgehead atoms. The van der Waals surface area contributed by atoms with Crippen molar-refractivity contribution in [2.24, 2.45) is 11.7 Å². The van der Waals surface area contributed by atoms with E-state index in [1.807, 2.05) is 32.9 Å². The van der Waals surface area contributed by atoms with Crippen LogP contribution in [-0.4, -0.2) is 96.2 Å². The van der Waals surface area contributed by atoms with E-state index in [-0.39, 0.29) is 37.1 Å². The summed E-state index contributed by atoms with van der Waals surface area (Å²) < 4.78 is 11.0. The van der Waals surface area contributed by atoms with Crippen molar-refractivity contribution in [3.05, 3.63) is 23.8 Å². The fourth-order valence-corrected chi connectivity index (χ4v) is 6.15. The van der Waals surface area contributed by atoms with Gasteiger partial charge >= 0.3 is 5.97 Å². The molecule has 3 aliphatic heterocycles. The fourth-order valence-electron chi connectivity index (χ4n) is 6.15. The second kappa shape index (κ2) is 14.0. The van der Waals surface area contributed by atoms with Gasteiger partial charge in [0, 0.05) is 51.1 Å². The number of rotatable bonds is 14. The number of carboxylic acids is 1. The number of unbranched alkanes of at least 4 members (excludes halogenated alkanes) is 2. The molecule has 2 saturated heterocycles. The van der Waals surface area contributed by atoms with Gasteiger partial charge in [0.15, 0.2) is 11.5 Å². The van der Waals surface area contributed by atoms with Crippen molar-refractivity contribution in [2.75, 3.05) is 52.6 Å². The molecule has 3 atom stereocenters. The zero-order valence-electron chi connectivity index (χ0n) is 23.2. The van der Waals surface area contributed by atoms with Crippen LogP contribution in [0.3, 0.4) is 0 Å². The Morgan fingerprint density at radius 1 is 1.13 bits per heavy atom. The number of likely N-dealkylation sites (tertiary alicyclic amines) is 2. The number of piperidine rings is 1. The van der Waals surface area contributed by atoms with Crippen molar-refractivity contribution < 1.29 is 29.0 Å². The summed E-state index contributed by atoms with van der Waals surface area (Å²) in [5, 5.41) is 10.4. The van der Waals surface area contributed by atoms with Crippen LogP contribution < -0.4 is 15.2 Å². The predicted octanol–water partition coefficient (Wildman–Crippen LogP) is 2.65. The number of hydrogen-bond donors (Lipinski definition) is 2. The molecule has 3 N–H and O–H groups in total. The molecule has 39 heavy (non-hydrogen) atoms. The summed E-state index contributed by atoms with van der Waals surface area (Å²) in [6, 6.07) is 5.24. The number of carboxylic acid groups (broad SMARTS) is 1. The van der Waals surface area contributed by atoms with Crippen LogP contribution in [0.5, 0.6) is 11.5 Å². The number of aliphatic carboxylic acids is 1. The van der Waals surface area contributed by atoms with Crippen LogP contribution in [-0.2, 0) is 14.4 Å². The number of fused-ring (bicyclic) bond motifs is 1. The topological polar surface area (TPSA) is 126 Å². The van der Waals surface area contributed by atoms with Crippen LogP contribution in [0.15, 0.2) is 18.2 Å². The monoisotopic (exact) mass is 544 g/mol. The molecule has 1 aromatic rings. The standard InChI is InChI=1S/C29H44N4O6/c1-2-3-13-31(15-7-5-12-30)27(35)19-33-18-22(21-9-10-24-25(17-21)39-20-38-24)28(29(36)37)23(33)11-16-32-14-6-4-8-26(32)34/h9-10,17,22-23,28H,2-8,11-16,18-20,30H2,1H3,(H,36,37)/t22-,23+,28?/m1/s1. The van der Waals surface area contributed by atoms with E-state index in [9.17, 15) is 19.5 Å². The normalized spacial score (nSPS) is 22.9. The molecular formula is C29H44N4O6. The third kappa shape index (κ3) is 7.22. The lowest BCUT2D eigenvalue weighted by Gasteiger charge is -2.32. The van der Waals surface area contributed by atoms with E-state index in [0.29, 0.717) is 63.6 Å².